The smallest absolute Gasteiger partial charge is 0.356 e. The molecule has 0 aromatic heterocycles. The molecule has 0 heterocycles. The maximum absolute atomic E-state index is 13.0. The maximum Gasteiger partial charge on any atom is 0.356 e. The summed E-state index contributed by atoms with van der Waals surface area (Å²) in [6.07, 6.45) is 0. The number of esters is 2. The quantitative estimate of drug-likeness (QED) is 0.235. The van der Waals surface area contributed by atoms with E-state index < -0.39 is 11.9 Å². The highest BCUT2D eigenvalue weighted by Gasteiger charge is 2.25. The van der Waals surface area contributed by atoms with Crippen LogP contribution < -0.4 is 10.6 Å². The van der Waals surface area contributed by atoms with Crippen LogP contribution in [0.5, 0.6) is 0 Å². The minimum absolute atomic E-state index is 0.0735. The molecule has 6 nitrogen and oxygen atoms in total. The molecule has 0 aliphatic carbocycles. The summed E-state index contributed by atoms with van der Waals surface area (Å²) in [7, 11) is 2.53. The van der Waals surface area contributed by atoms with E-state index in [0.29, 0.717) is 11.4 Å². The van der Waals surface area contributed by atoms with Crippen LogP contribution in [0.4, 0.5) is 11.4 Å². The van der Waals surface area contributed by atoms with Crippen LogP contribution in [0.2, 0.25) is 0 Å². The topological polar surface area (TPSA) is 76.7 Å². The van der Waals surface area contributed by atoms with Crippen molar-refractivity contribution in [1.29, 1.82) is 0 Å². The Labute approximate surface area is 210 Å². The number of hydrogen-bond donors (Lipinski definition) is 2. The second-order valence-corrected chi connectivity index (χ2v) is 7.81. The molecule has 0 spiro atoms. The van der Waals surface area contributed by atoms with Crippen LogP contribution in [-0.4, -0.2) is 26.2 Å². The van der Waals surface area contributed by atoms with Crippen LogP contribution in [-0.2, 0) is 19.1 Å². The lowest BCUT2D eigenvalue weighted by atomic mass is 10.0. The molecule has 0 radical (unpaired) electrons. The van der Waals surface area contributed by atoms with Gasteiger partial charge in [0.05, 0.1) is 14.2 Å². The van der Waals surface area contributed by atoms with E-state index in [0.717, 1.165) is 22.3 Å². The summed E-state index contributed by atoms with van der Waals surface area (Å²) in [5.41, 5.74) is 4.72. The van der Waals surface area contributed by atoms with Gasteiger partial charge in [-0.1, -0.05) is 97.1 Å². The van der Waals surface area contributed by atoms with E-state index in [1.54, 1.807) is 0 Å². The third-order valence-electron chi connectivity index (χ3n) is 5.57. The molecule has 0 aliphatic heterocycles. The molecule has 0 atom stereocenters. The molecule has 0 saturated heterocycles. The summed E-state index contributed by atoms with van der Waals surface area (Å²) in [5, 5.41) is 6.27. The summed E-state index contributed by atoms with van der Waals surface area (Å²) in [4.78, 5) is 26.0. The molecule has 36 heavy (non-hydrogen) atoms. The molecular weight excluding hydrogens is 452 g/mol. The second kappa shape index (κ2) is 11.5. The van der Waals surface area contributed by atoms with Crippen LogP contribution in [0.3, 0.4) is 0 Å². The van der Waals surface area contributed by atoms with Crippen molar-refractivity contribution < 1.29 is 19.1 Å². The maximum atomic E-state index is 13.0. The van der Waals surface area contributed by atoms with Gasteiger partial charge in [0.2, 0.25) is 0 Å². The highest BCUT2D eigenvalue weighted by atomic mass is 16.5. The van der Waals surface area contributed by atoms with Crippen molar-refractivity contribution in [3.63, 3.8) is 0 Å². The van der Waals surface area contributed by atoms with Crippen molar-refractivity contribution in [3.8, 4) is 22.3 Å². The normalized spacial score (nSPS) is 11.2. The first-order chi connectivity index (χ1) is 17.6. The lowest BCUT2D eigenvalue weighted by Gasteiger charge is -2.19. The molecule has 0 aliphatic rings. The van der Waals surface area contributed by atoms with Gasteiger partial charge >= 0.3 is 11.9 Å². The fraction of sp³-hybridized carbons (Fsp3) is 0.0667. The standard InChI is InChI=1S/C30H26N2O4/c1-35-29(33)27(31-25-19-11-9-17-23(25)21-13-5-3-6-14-21)28(30(34)36-2)32-26-20-12-10-18-24(26)22-15-7-4-8-16-22/h3-20,31-32H,1-2H3. The molecule has 0 bridgehead atoms. The molecule has 0 fully saturated rings. The van der Waals surface area contributed by atoms with Gasteiger partial charge in [-0.15, -0.1) is 0 Å². The molecule has 0 saturated carbocycles. The highest BCUT2D eigenvalue weighted by molar-refractivity contribution is 6.05. The Morgan fingerprint density at radius 1 is 0.500 bits per heavy atom. The molecule has 2 N–H and O–H groups in total. The van der Waals surface area contributed by atoms with Crippen molar-refractivity contribution in [3.05, 3.63) is 121 Å². The first kappa shape index (κ1) is 24.3. The largest absolute Gasteiger partial charge is 0.464 e. The molecule has 4 aromatic carbocycles. The Morgan fingerprint density at radius 2 is 0.833 bits per heavy atom. The number of ether oxygens (including phenoxy) is 2. The number of nitrogens with one attached hydrogen (secondary N) is 2. The zero-order valence-corrected chi connectivity index (χ0v) is 20.0. The van der Waals surface area contributed by atoms with E-state index in [9.17, 15) is 9.59 Å². The first-order valence-corrected chi connectivity index (χ1v) is 11.4. The number of anilines is 2. The number of benzene rings is 4. The van der Waals surface area contributed by atoms with Crippen molar-refractivity contribution in [2.75, 3.05) is 24.9 Å². The predicted molar refractivity (Wildman–Crippen MR) is 142 cm³/mol. The number of carbonyl (C=O) groups is 2. The second-order valence-electron chi connectivity index (χ2n) is 7.81. The van der Waals surface area contributed by atoms with Gasteiger partial charge in [-0.2, -0.15) is 0 Å². The number of carbonyl (C=O) groups excluding carboxylic acids is 2. The Balaban J connectivity index is 1.83. The van der Waals surface area contributed by atoms with Gasteiger partial charge in [-0.3, -0.25) is 0 Å². The van der Waals surface area contributed by atoms with Gasteiger partial charge in [0, 0.05) is 22.5 Å². The van der Waals surface area contributed by atoms with E-state index >= 15 is 0 Å². The Morgan fingerprint density at radius 3 is 1.19 bits per heavy atom. The lowest BCUT2D eigenvalue weighted by Crippen LogP contribution is -2.25. The van der Waals surface area contributed by atoms with Crippen molar-refractivity contribution in [2.24, 2.45) is 0 Å². The average Bonchev–Trinajstić information content (AvgIpc) is 2.95. The zero-order valence-electron chi connectivity index (χ0n) is 20.0. The van der Waals surface area contributed by atoms with Crippen LogP contribution in [0.15, 0.2) is 121 Å². The lowest BCUT2D eigenvalue weighted by molar-refractivity contribution is -0.139. The molecule has 4 rings (SSSR count). The third-order valence-corrected chi connectivity index (χ3v) is 5.57. The molecule has 0 unspecified atom stereocenters. The van der Waals surface area contributed by atoms with Gasteiger partial charge < -0.3 is 20.1 Å². The van der Waals surface area contributed by atoms with Gasteiger partial charge in [-0.25, -0.2) is 9.59 Å². The van der Waals surface area contributed by atoms with E-state index in [4.69, 9.17) is 9.47 Å². The molecule has 6 heteroatoms. The monoisotopic (exact) mass is 478 g/mol. The molecular formula is C30H26N2O4. The Bertz CT molecular complexity index is 1280. The SMILES string of the molecule is COC(=O)C(Nc1ccccc1-c1ccccc1)=C(Nc1ccccc1-c1ccccc1)C(=O)OC. The number of rotatable bonds is 8. The summed E-state index contributed by atoms with van der Waals surface area (Å²) in [6.45, 7) is 0. The average molecular weight is 479 g/mol. The predicted octanol–water partition coefficient (Wildman–Crippen LogP) is 6.10. The fourth-order valence-electron chi connectivity index (χ4n) is 3.83. The fourth-order valence-corrected chi connectivity index (χ4v) is 3.83. The summed E-state index contributed by atoms with van der Waals surface area (Å²) in [6, 6.07) is 34.5. The zero-order chi connectivity index (χ0) is 25.3. The third kappa shape index (κ3) is 5.45. The van der Waals surface area contributed by atoms with Gasteiger partial charge in [0.1, 0.15) is 0 Å². The number of hydrogen-bond acceptors (Lipinski definition) is 6. The minimum Gasteiger partial charge on any atom is -0.464 e. The number of para-hydroxylation sites is 2. The van der Waals surface area contributed by atoms with Crippen LogP contribution in [0.1, 0.15) is 0 Å². The molecule has 0 amide bonds. The van der Waals surface area contributed by atoms with E-state index in [1.807, 2.05) is 109 Å². The summed E-state index contributed by atoms with van der Waals surface area (Å²) in [5.74, 6) is -1.44. The van der Waals surface area contributed by atoms with Crippen molar-refractivity contribution >= 4 is 23.3 Å². The van der Waals surface area contributed by atoms with Crippen LogP contribution >= 0.6 is 0 Å². The van der Waals surface area contributed by atoms with Crippen molar-refractivity contribution in [1.82, 2.24) is 0 Å². The van der Waals surface area contributed by atoms with Gasteiger partial charge in [-0.05, 0) is 23.3 Å². The highest BCUT2D eigenvalue weighted by Crippen LogP contribution is 2.32. The molecule has 180 valence electrons. The molecule has 4 aromatic rings. The number of methoxy groups -OCH3 is 2. The van der Waals surface area contributed by atoms with Crippen LogP contribution in [0, 0.1) is 0 Å². The van der Waals surface area contributed by atoms with Crippen LogP contribution in [0.25, 0.3) is 22.3 Å². The summed E-state index contributed by atoms with van der Waals surface area (Å²) >= 11 is 0. The van der Waals surface area contributed by atoms with E-state index in [1.165, 1.54) is 14.2 Å². The van der Waals surface area contributed by atoms with Gasteiger partial charge in [0.15, 0.2) is 11.4 Å². The minimum atomic E-state index is -0.719. The summed E-state index contributed by atoms with van der Waals surface area (Å²) < 4.78 is 10.1. The van der Waals surface area contributed by atoms with E-state index in [-0.39, 0.29) is 11.4 Å². The first-order valence-electron chi connectivity index (χ1n) is 11.4. The van der Waals surface area contributed by atoms with Crippen molar-refractivity contribution in [2.45, 2.75) is 0 Å². The Hall–Kier alpha value is -4.84. The van der Waals surface area contributed by atoms with Gasteiger partial charge in [0.25, 0.3) is 0 Å². The Kier molecular flexibility index (Phi) is 7.78. The van der Waals surface area contributed by atoms with E-state index in [2.05, 4.69) is 10.6 Å².